The fraction of sp³-hybridized carbons (Fsp3) is 0.455. The van der Waals surface area contributed by atoms with E-state index in [4.69, 9.17) is 0 Å². The Morgan fingerprint density at radius 3 is 0.662 bits per heavy atom. The summed E-state index contributed by atoms with van der Waals surface area (Å²) in [4.78, 5) is 0. The number of hydrogen-bond acceptors (Lipinski definition) is 0. The molecule has 4 aliphatic rings. The zero-order valence-corrected chi connectivity index (χ0v) is 50.1. The van der Waals surface area contributed by atoms with E-state index in [1.807, 2.05) is 133 Å². The molecule has 0 spiro atoms. The number of hydrogen-bond donors (Lipinski definition) is 0. The average molecular weight is 1080 g/mol. The summed E-state index contributed by atoms with van der Waals surface area (Å²) in [5.74, 6) is 4.31. The van der Waals surface area contributed by atoms with Crippen LogP contribution in [0.2, 0.25) is 0 Å². The van der Waals surface area contributed by atoms with E-state index in [1.54, 1.807) is 0 Å². The second-order valence-electron chi connectivity index (χ2n) is 17.9. The van der Waals surface area contributed by atoms with Crippen LogP contribution in [0.5, 0.6) is 0 Å². The van der Waals surface area contributed by atoms with Crippen molar-refractivity contribution in [3.63, 3.8) is 0 Å². The van der Waals surface area contributed by atoms with Gasteiger partial charge in [-0.2, -0.15) is 98.5 Å². The normalized spacial score (nSPS) is 14.1. The molecule has 0 N–H and O–H groups in total. The molecule has 4 aromatic rings. The summed E-state index contributed by atoms with van der Waals surface area (Å²) in [6, 6.07) is 39.5. The standard InChI is InChI=1S/2C9H16.2C8H16.4C7H7.4CH3.2Zr/c2*1-2-3-6-9-7-4-5-8-9;2*1-2-5-8-6-3-4-7-8;4*1-7-5-3-2-4-6-7;;;;;;/h2*2,9H,1,3-8H2;2*8H,2-7H2,1H3;4*2-6H,1H2;4*1H3;;/q;;;;8*-1;2*+4. The molecule has 0 bridgehead atoms. The Morgan fingerprint density at radius 1 is 0.353 bits per heavy atom. The molecule has 0 nitrogen and oxygen atoms in total. The molecular formula is C66H104Zr2. The van der Waals surface area contributed by atoms with Gasteiger partial charge >= 0.3 is 52.4 Å². The van der Waals surface area contributed by atoms with E-state index in [2.05, 4.69) is 54.7 Å². The van der Waals surface area contributed by atoms with E-state index in [0.717, 1.165) is 45.9 Å². The molecule has 0 aliphatic heterocycles. The van der Waals surface area contributed by atoms with Gasteiger partial charge in [-0.15, -0.1) is 61.7 Å². The molecule has 0 saturated heterocycles. The van der Waals surface area contributed by atoms with Crippen molar-refractivity contribution in [1.29, 1.82) is 0 Å². The van der Waals surface area contributed by atoms with Gasteiger partial charge in [0.1, 0.15) is 0 Å². The summed E-state index contributed by atoms with van der Waals surface area (Å²) < 4.78 is 0. The summed E-state index contributed by atoms with van der Waals surface area (Å²) >= 11 is 0. The van der Waals surface area contributed by atoms with E-state index in [9.17, 15) is 0 Å². The van der Waals surface area contributed by atoms with Crippen molar-refractivity contribution >= 4 is 0 Å². The average Bonchev–Trinajstić information content (AvgIpc) is 4.16. The molecule has 0 aromatic heterocycles. The number of allylic oxidation sites excluding steroid dienone is 2. The Hall–Kier alpha value is -2.39. The molecule has 4 fully saturated rings. The van der Waals surface area contributed by atoms with Gasteiger partial charge in [0.25, 0.3) is 0 Å². The van der Waals surface area contributed by atoms with Crippen molar-refractivity contribution in [2.45, 2.75) is 168 Å². The zero-order valence-electron chi connectivity index (χ0n) is 45.2. The number of rotatable bonds is 10. The minimum Gasteiger partial charge on any atom is -0.358 e. The molecule has 2 heteroatoms. The molecule has 8 rings (SSSR count). The first kappa shape index (κ1) is 77.1. The van der Waals surface area contributed by atoms with E-state index in [0.29, 0.717) is 0 Å². The molecular weight excluding hydrogens is 975 g/mol. The molecule has 0 unspecified atom stereocenters. The maximum absolute atomic E-state index is 3.72. The summed E-state index contributed by atoms with van der Waals surface area (Å²) in [6.07, 6.45) is 39.0. The fourth-order valence-corrected chi connectivity index (χ4v) is 8.63. The Morgan fingerprint density at radius 2 is 0.529 bits per heavy atom. The SMILES string of the molecule is C=CCCC1CCCC1.C=CCCC1CCCC1.CCCC1CCCC1.CCCC1CCCC1.[CH2-]c1ccccc1.[CH2-]c1ccccc1.[CH2-]c1ccccc1.[CH2-]c1ccccc1.[CH3-].[CH3-].[CH3-].[CH3-].[Zr+4].[Zr+4]. The second-order valence-corrected chi connectivity index (χ2v) is 17.9. The Labute approximate surface area is 466 Å². The van der Waals surface area contributed by atoms with Gasteiger partial charge < -0.3 is 29.7 Å². The van der Waals surface area contributed by atoms with Crippen LogP contribution in [0.3, 0.4) is 0 Å². The van der Waals surface area contributed by atoms with Crippen molar-refractivity contribution in [1.82, 2.24) is 0 Å². The first-order valence-electron chi connectivity index (χ1n) is 25.0. The Balaban J connectivity index is -0.000000160. The van der Waals surface area contributed by atoms with Crippen molar-refractivity contribution in [3.8, 4) is 0 Å². The van der Waals surface area contributed by atoms with Gasteiger partial charge in [-0.25, -0.2) is 0 Å². The van der Waals surface area contributed by atoms with Crippen molar-refractivity contribution in [3.05, 3.63) is 226 Å². The summed E-state index contributed by atoms with van der Waals surface area (Å²) in [6.45, 7) is 26.9. The van der Waals surface area contributed by atoms with Gasteiger partial charge in [0.15, 0.2) is 0 Å². The van der Waals surface area contributed by atoms with Crippen LogP contribution in [-0.2, 0) is 52.4 Å². The predicted molar refractivity (Wildman–Crippen MR) is 306 cm³/mol. The van der Waals surface area contributed by atoms with Gasteiger partial charge in [0.2, 0.25) is 0 Å². The summed E-state index contributed by atoms with van der Waals surface area (Å²) in [5, 5.41) is 0. The van der Waals surface area contributed by atoms with Crippen LogP contribution in [0.1, 0.15) is 190 Å². The summed E-state index contributed by atoms with van der Waals surface area (Å²) in [5.41, 5.74) is 4.29. The molecule has 4 saturated carbocycles. The Kier molecular flexibility index (Phi) is 64.8. The van der Waals surface area contributed by atoms with Crippen LogP contribution in [0, 0.1) is 81.1 Å². The first-order chi connectivity index (χ1) is 30.3. The van der Waals surface area contributed by atoms with Gasteiger partial charge in [-0.3, -0.25) is 0 Å². The minimum atomic E-state index is 0. The molecule has 0 atom stereocenters. The molecule has 0 heterocycles. The monoisotopic (exact) mass is 1080 g/mol. The third-order valence-electron chi connectivity index (χ3n) is 12.2. The van der Waals surface area contributed by atoms with Crippen LogP contribution >= 0.6 is 0 Å². The van der Waals surface area contributed by atoms with Gasteiger partial charge in [0.05, 0.1) is 0 Å². The maximum Gasteiger partial charge on any atom is 4.00 e. The topological polar surface area (TPSA) is 0 Å². The van der Waals surface area contributed by atoms with Gasteiger partial charge in [-0.05, 0) is 49.4 Å². The Bertz CT molecular complexity index is 1290. The maximum atomic E-state index is 3.72. The minimum absolute atomic E-state index is 0. The van der Waals surface area contributed by atoms with Crippen LogP contribution in [0.4, 0.5) is 0 Å². The van der Waals surface area contributed by atoms with E-state index >= 15 is 0 Å². The van der Waals surface area contributed by atoms with Crippen LogP contribution in [-0.4, -0.2) is 0 Å². The van der Waals surface area contributed by atoms with E-state index in [-0.39, 0.29) is 82.1 Å². The van der Waals surface area contributed by atoms with Crippen LogP contribution in [0.25, 0.3) is 0 Å². The van der Waals surface area contributed by atoms with Crippen molar-refractivity contribution in [2.24, 2.45) is 23.7 Å². The predicted octanol–water partition coefficient (Wildman–Crippen LogP) is 21.5. The quantitative estimate of drug-likeness (QED) is 0.110. The number of benzene rings is 4. The molecule has 0 amide bonds. The van der Waals surface area contributed by atoms with Gasteiger partial charge in [-0.1, -0.05) is 179 Å². The van der Waals surface area contributed by atoms with Gasteiger partial charge in [0, 0.05) is 0 Å². The van der Waals surface area contributed by atoms with Crippen LogP contribution in [0.15, 0.2) is 147 Å². The van der Waals surface area contributed by atoms with E-state index < -0.39 is 0 Å². The molecule has 0 radical (unpaired) electrons. The third-order valence-corrected chi connectivity index (χ3v) is 12.2. The molecule has 376 valence electrons. The zero-order chi connectivity index (χ0) is 45.1. The van der Waals surface area contributed by atoms with E-state index in [1.165, 1.54) is 154 Å². The van der Waals surface area contributed by atoms with Crippen LogP contribution < -0.4 is 0 Å². The molecule has 4 aromatic carbocycles. The largest absolute Gasteiger partial charge is 4.00 e. The molecule has 4 aliphatic carbocycles. The smallest absolute Gasteiger partial charge is 0.358 e. The molecule has 68 heavy (non-hydrogen) atoms. The third kappa shape index (κ3) is 48.6. The van der Waals surface area contributed by atoms with Crippen molar-refractivity contribution < 1.29 is 52.4 Å². The summed E-state index contributed by atoms with van der Waals surface area (Å²) in [7, 11) is 0. The second kappa shape index (κ2) is 57.2. The first-order valence-corrected chi connectivity index (χ1v) is 25.0. The fourth-order valence-electron chi connectivity index (χ4n) is 8.63. The van der Waals surface area contributed by atoms with Crippen molar-refractivity contribution in [2.75, 3.05) is 0 Å².